The van der Waals surface area contributed by atoms with Crippen LogP contribution in [0.2, 0.25) is 0 Å². The first-order chi connectivity index (χ1) is 11.7. The molecule has 0 bridgehead atoms. The van der Waals surface area contributed by atoms with Crippen molar-refractivity contribution in [3.8, 4) is 0 Å². The lowest BCUT2D eigenvalue weighted by Crippen LogP contribution is -2.42. The zero-order valence-electron chi connectivity index (χ0n) is 14.0. The third-order valence-electron chi connectivity index (χ3n) is 4.50. The first-order valence-corrected chi connectivity index (χ1v) is 8.45. The monoisotopic (exact) mass is 324 g/mol. The van der Waals surface area contributed by atoms with Gasteiger partial charge in [0, 0.05) is 18.7 Å². The topological polar surface area (TPSA) is 64.3 Å². The zero-order valence-corrected chi connectivity index (χ0v) is 14.0. The van der Waals surface area contributed by atoms with E-state index >= 15 is 0 Å². The van der Waals surface area contributed by atoms with Gasteiger partial charge in [0.05, 0.1) is 6.04 Å². The van der Waals surface area contributed by atoms with Crippen LogP contribution in [0.25, 0.3) is 0 Å². The lowest BCUT2D eigenvalue weighted by atomic mass is 9.95. The van der Waals surface area contributed by atoms with Gasteiger partial charge in [-0.15, -0.1) is 0 Å². The second kappa shape index (κ2) is 7.60. The minimum Gasteiger partial charge on any atom is -0.371 e. The van der Waals surface area contributed by atoms with Crippen LogP contribution in [0.4, 0.5) is 0 Å². The van der Waals surface area contributed by atoms with Gasteiger partial charge in [0.25, 0.3) is 5.91 Å². The van der Waals surface area contributed by atoms with Crippen molar-refractivity contribution >= 4 is 5.91 Å². The molecule has 0 aromatic heterocycles. The number of rotatable bonds is 4. The summed E-state index contributed by atoms with van der Waals surface area (Å²) in [7, 11) is 0. The largest absolute Gasteiger partial charge is 0.371 e. The Morgan fingerprint density at radius 3 is 2.54 bits per heavy atom. The van der Waals surface area contributed by atoms with E-state index < -0.39 is 0 Å². The molecule has 0 aliphatic carbocycles. The highest BCUT2D eigenvalue weighted by atomic mass is 16.5. The number of ether oxygens (including phenoxy) is 1. The van der Waals surface area contributed by atoms with Crippen molar-refractivity contribution in [2.24, 2.45) is 5.73 Å². The molecular formula is C20H24N2O2. The van der Waals surface area contributed by atoms with Crippen LogP contribution in [0, 0.1) is 6.92 Å². The van der Waals surface area contributed by atoms with Crippen molar-refractivity contribution in [2.75, 3.05) is 6.61 Å². The molecular weight excluding hydrogens is 300 g/mol. The van der Waals surface area contributed by atoms with E-state index in [0.29, 0.717) is 12.1 Å². The molecule has 1 fully saturated rings. The van der Waals surface area contributed by atoms with Crippen LogP contribution in [0.3, 0.4) is 0 Å². The first-order valence-electron chi connectivity index (χ1n) is 8.45. The van der Waals surface area contributed by atoms with Gasteiger partial charge in [-0.25, -0.2) is 0 Å². The smallest absolute Gasteiger partial charge is 0.251 e. The number of benzene rings is 2. The van der Waals surface area contributed by atoms with Gasteiger partial charge in [0.2, 0.25) is 0 Å². The molecule has 3 N–H and O–H groups in total. The van der Waals surface area contributed by atoms with Crippen LogP contribution in [-0.4, -0.2) is 18.6 Å². The van der Waals surface area contributed by atoms with Crippen LogP contribution in [0.15, 0.2) is 48.5 Å². The summed E-state index contributed by atoms with van der Waals surface area (Å²) < 4.78 is 5.96. The van der Waals surface area contributed by atoms with Crippen molar-refractivity contribution < 1.29 is 9.53 Å². The Bertz CT molecular complexity index is 680. The van der Waals surface area contributed by atoms with E-state index in [-0.39, 0.29) is 18.1 Å². The molecule has 4 heteroatoms. The average Bonchev–Trinajstić information content (AvgIpc) is 2.63. The molecule has 0 saturated carbocycles. The van der Waals surface area contributed by atoms with Crippen LogP contribution >= 0.6 is 0 Å². The van der Waals surface area contributed by atoms with Gasteiger partial charge in [-0.05, 0) is 43.0 Å². The average molecular weight is 324 g/mol. The predicted octanol–water partition coefficient (Wildman–Crippen LogP) is 3.10. The fourth-order valence-electron chi connectivity index (χ4n) is 3.06. The number of carbonyl (C=O) groups excluding carboxylic acids is 1. The normalized spacial score (nSPS) is 20.6. The third-order valence-corrected chi connectivity index (χ3v) is 4.50. The van der Waals surface area contributed by atoms with E-state index in [0.717, 1.165) is 30.6 Å². The summed E-state index contributed by atoms with van der Waals surface area (Å²) in [5.41, 5.74) is 9.61. The van der Waals surface area contributed by atoms with Gasteiger partial charge in [-0.2, -0.15) is 0 Å². The van der Waals surface area contributed by atoms with Crippen LogP contribution in [0.5, 0.6) is 0 Å². The third kappa shape index (κ3) is 3.83. The van der Waals surface area contributed by atoms with Gasteiger partial charge in [0.1, 0.15) is 6.10 Å². The fraction of sp³-hybridized carbons (Fsp3) is 0.350. The fourth-order valence-corrected chi connectivity index (χ4v) is 3.06. The Labute approximate surface area is 143 Å². The first kappa shape index (κ1) is 16.7. The van der Waals surface area contributed by atoms with E-state index in [1.807, 2.05) is 24.3 Å². The molecule has 24 heavy (non-hydrogen) atoms. The van der Waals surface area contributed by atoms with Gasteiger partial charge in [0.15, 0.2) is 0 Å². The van der Waals surface area contributed by atoms with E-state index in [1.165, 1.54) is 5.56 Å². The van der Waals surface area contributed by atoms with Crippen molar-refractivity contribution in [3.05, 3.63) is 70.8 Å². The number of carbonyl (C=O) groups is 1. The molecule has 2 aromatic rings. The molecule has 1 saturated heterocycles. The summed E-state index contributed by atoms with van der Waals surface area (Å²) in [6.45, 7) is 3.28. The van der Waals surface area contributed by atoms with E-state index in [4.69, 9.17) is 10.5 Å². The maximum absolute atomic E-state index is 12.5. The number of hydrogen-bond acceptors (Lipinski definition) is 3. The molecule has 126 valence electrons. The summed E-state index contributed by atoms with van der Waals surface area (Å²) in [6, 6.07) is 15.7. The Morgan fingerprint density at radius 2 is 1.88 bits per heavy atom. The molecule has 0 spiro atoms. The molecule has 1 heterocycles. The standard InChI is InChI=1S/C20H24N2O2/c1-14-4-8-16(9-5-14)19-18(3-2-12-24-19)22-20(23)17-10-6-15(13-21)7-11-17/h4-11,18-19H,2-3,12-13,21H2,1H3,(H,22,23). The van der Waals surface area contributed by atoms with Gasteiger partial charge in [-0.3, -0.25) is 4.79 Å². The van der Waals surface area contributed by atoms with E-state index in [9.17, 15) is 4.79 Å². The van der Waals surface area contributed by atoms with Crippen LogP contribution in [-0.2, 0) is 11.3 Å². The van der Waals surface area contributed by atoms with Gasteiger partial charge in [-0.1, -0.05) is 42.0 Å². The maximum Gasteiger partial charge on any atom is 0.251 e. The lowest BCUT2D eigenvalue weighted by Gasteiger charge is -2.32. The SMILES string of the molecule is Cc1ccc(C2OCCCC2NC(=O)c2ccc(CN)cc2)cc1. The Morgan fingerprint density at radius 1 is 1.17 bits per heavy atom. The van der Waals surface area contributed by atoms with Crippen LogP contribution < -0.4 is 11.1 Å². The number of aryl methyl sites for hydroxylation is 1. The number of nitrogens with two attached hydrogens (primary N) is 1. The Balaban J connectivity index is 1.73. The van der Waals surface area contributed by atoms with Gasteiger partial charge >= 0.3 is 0 Å². The second-order valence-corrected chi connectivity index (χ2v) is 6.33. The molecule has 1 aliphatic rings. The molecule has 0 radical (unpaired) electrons. The summed E-state index contributed by atoms with van der Waals surface area (Å²) in [5.74, 6) is -0.0637. The highest BCUT2D eigenvalue weighted by Crippen LogP contribution is 2.29. The van der Waals surface area contributed by atoms with Crippen molar-refractivity contribution in [3.63, 3.8) is 0 Å². The predicted molar refractivity (Wildman–Crippen MR) is 94.7 cm³/mol. The highest BCUT2D eigenvalue weighted by molar-refractivity contribution is 5.94. The molecule has 1 amide bonds. The van der Waals surface area contributed by atoms with Crippen LogP contribution in [0.1, 0.15) is 46.0 Å². The Kier molecular flexibility index (Phi) is 5.28. The molecule has 2 aromatic carbocycles. The number of amides is 1. The minimum absolute atomic E-state index is 0.0110. The summed E-state index contributed by atoms with van der Waals surface area (Å²) in [5, 5.41) is 3.14. The highest BCUT2D eigenvalue weighted by Gasteiger charge is 2.29. The quantitative estimate of drug-likeness (QED) is 0.908. The lowest BCUT2D eigenvalue weighted by molar-refractivity contribution is -0.00946. The van der Waals surface area contributed by atoms with Crippen molar-refractivity contribution in [1.82, 2.24) is 5.32 Å². The summed E-state index contributed by atoms with van der Waals surface area (Å²) in [6.07, 6.45) is 1.79. The van der Waals surface area contributed by atoms with E-state index in [1.54, 1.807) is 0 Å². The minimum atomic E-state index is -0.0911. The maximum atomic E-state index is 12.5. The van der Waals surface area contributed by atoms with Crippen molar-refractivity contribution in [2.45, 2.75) is 38.5 Å². The molecule has 2 unspecified atom stereocenters. The van der Waals surface area contributed by atoms with E-state index in [2.05, 4.69) is 36.5 Å². The summed E-state index contributed by atoms with van der Waals surface area (Å²) in [4.78, 5) is 12.5. The number of nitrogens with one attached hydrogen (secondary N) is 1. The second-order valence-electron chi connectivity index (χ2n) is 6.33. The molecule has 1 aliphatic heterocycles. The Hall–Kier alpha value is -2.17. The molecule has 2 atom stereocenters. The molecule has 3 rings (SSSR count). The van der Waals surface area contributed by atoms with Crippen molar-refractivity contribution in [1.29, 1.82) is 0 Å². The number of hydrogen-bond donors (Lipinski definition) is 2. The summed E-state index contributed by atoms with van der Waals surface area (Å²) >= 11 is 0. The zero-order chi connectivity index (χ0) is 16.9. The molecule has 4 nitrogen and oxygen atoms in total. The van der Waals surface area contributed by atoms with Gasteiger partial charge < -0.3 is 15.8 Å².